The van der Waals surface area contributed by atoms with Gasteiger partial charge in [-0.05, 0) is 60.8 Å². The van der Waals surface area contributed by atoms with Crippen LogP contribution in [0.5, 0.6) is 0 Å². The van der Waals surface area contributed by atoms with Crippen LogP contribution in [0.25, 0.3) is 0 Å². The molecule has 0 heterocycles. The average Bonchev–Trinajstić information content (AvgIpc) is 2.33. The van der Waals surface area contributed by atoms with Crippen LogP contribution in [0.1, 0.15) is 5.56 Å². The number of nitrogens with one attached hydrogen (secondary N) is 1. The van der Waals surface area contributed by atoms with Crippen LogP contribution in [-0.4, -0.2) is 0 Å². The molecule has 3 N–H and O–H groups in total. The van der Waals surface area contributed by atoms with E-state index in [-0.39, 0.29) is 0 Å². The van der Waals surface area contributed by atoms with Gasteiger partial charge in [0, 0.05) is 21.3 Å². The first-order valence-corrected chi connectivity index (χ1v) is 6.39. The van der Waals surface area contributed by atoms with Crippen LogP contribution in [-0.2, 0) is 0 Å². The maximum absolute atomic E-state index is 6.06. The van der Waals surface area contributed by atoms with E-state index in [4.69, 9.17) is 17.3 Å². The Bertz CT molecular complexity index is 511. The fourth-order valence-corrected chi connectivity index (χ4v) is 2.24. The predicted molar refractivity (Wildman–Crippen MR) is 76.5 cm³/mol. The van der Waals surface area contributed by atoms with Gasteiger partial charge in [-0.2, -0.15) is 0 Å². The van der Waals surface area contributed by atoms with Gasteiger partial charge in [-0.1, -0.05) is 17.7 Å². The molecule has 0 aliphatic heterocycles. The molecule has 4 heteroatoms. The van der Waals surface area contributed by atoms with Gasteiger partial charge in [-0.15, -0.1) is 0 Å². The van der Waals surface area contributed by atoms with Gasteiger partial charge in [0.25, 0.3) is 0 Å². The molecule has 0 amide bonds. The third kappa shape index (κ3) is 3.32. The summed E-state index contributed by atoms with van der Waals surface area (Å²) < 4.78 is 3.24. The number of halogens is 1. The van der Waals surface area contributed by atoms with Gasteiger partial charge in [0.05, 0.1) is 0 Å². The lowest BCUT2D eigenvalue weighted by Crippen LogP contribution is -1.88. The lowest BCUT2D eigenvalue weighted by Gasteiger charge is -2.06. The van der Waals surface area contributed by atoms with Crippen molar-refractivity contribution in [2.75, 3.05) is 10.5 Å². The van der Waals surface area contributed by atoms with Crippen LogP contribution < -0.4 is 10.5 Å². The zero-order valence-electron chi connectivity index (χ0n) is 9.41. The van der Waals surface area contributed by atoms with Crippen LogP contribution in [0.4, 0.5) is 11.4 Å². The van der Waals surface area contributed by atoms with Crippen molar-refractivity contribution in [2.45, 2.75) is 11.8 Å². The number of benzene rings is 2. The SMILES string of the molecule is Cc1ccc(SNc2ccc(N)cc2)cc1Cl. The van der Waals surface area contributed by atoms with E-state index in [1.54, 1.807) is 0 Å². The zero-order chi connectivity index (χ0) is 12.3. The molecule has 0 atom stereocenters. The summed E-state index contributed by atoms with van der Waals surface area (Å²) in [6, 6.07) is 13.6. The summed E-state index contributed by atoms with van der Waals surface area (Å²) in [5.41, 5.74) is 8.48. The lowest BCUT2D eigenvalue weighted by molar-refractivity contribution is 1.38. The number of rotatable bonds is 3. The number of nitrogen functional groups attached to an aromatic ring is 1. The third-order valence-corrected chi connectivity index (χ3v) is 3.58. The fourth-order valence-electron chi connectivity index (χ4n) is 1.31. The van der Waals surface area contributed by atoms with Crippen molar-refractivity contribution < 1.29 is 0 Å². The van der Waals surface area contributed by atoms with Crippen molar-refractivity contribution in [3.05, 3.63) is 53.1 Å². The molecule has 0 aliphatic rings. The van der Waals surface area contributed by atoms with Crippen LogP contribution >= 0.6 is 23.5 Å². The zero-order valence-corrected chi connectivity index (χ0v) is 11.0. The summed E-state index contributed by atoms with van der Waals surface area (Å²) in [4.78, 5) is 1.08. The first-order chi connectivity index (χ1) is 8.15. The molecule has 0 fully saturated rings. The molecular weight excluding hydrogens is 252 g/mol. The summed E-state index contributed by atoms with van der Waals surface area (Å²) >= 11 is 7.59. The molecule has 0 aromatic heterocycles. The van der Waals surface area contributed by atoms with Gasteiger partial charge in [-0.3, -0.25) is 0 Å². The summed E-state index contributed by atoms with van der Waals surface area (Å²) in [6.07, 6.45) is 0. The molecule has 0 saturated carbocycles. The first kappa shape index (κ1) is 12.1. The Balaban J connectivity index is 2.02. The Morgan fingerprint density at radius 3 is 2.47 bits per heavy atom. The topological polar surface area (TPSA) is 38.0 Å². The molecule has 0 spiro atoms. The quantitative estimate of drug-likeness (QED) is 0.639. The fraction of sp³-hybridized carbons (Fsp3) is 0.0769. The Morgan fingerprint density at radius 1 is 1.12 bits per heavy atom. The lowest BCUT2D eigenvalue weighted by atomic mass is 10.2. The molecule has 0 radical (unpaired) electrons. The van der Waals surface area contributed by atoms with Crippen molar-refractivity contribution >= 4 is 34.9 Å². The molecule has 2 rings (SSSR count). The minimum atomic E-state index is 0.763. The normalized spacial score (nSPS) is 10.2. The Labute approximate surface area is 110 Å². The van der Waals surface area contributed by atoms with E-state index in [0.29, 0.717) is 0 Å². The Morgan fingerprint density at radius 2 is 1.82 bits per heavy atom. The largest absolute Gasteiger partial charge is 0.399 e. The summed E-state index contributed by atoms with van der Waals surface area (Å²) in [7, 11) is 0. The summed E-state index contributed by atoms with van der Waals surface area (Å²) in [5, 5.41) is 0.786. The van der Waals surface area contributed by atoms with Gasteiger partial charge in [0.1, 0.15) is 0 Å². The van der Waals surface area contributed by atoms with E-state index >= 15 is 0 Å². The predicted octanol–water partition coefficient (Wildman–Crippen LogP) is 4.35. The summed E-state index contributed by atoms with van der Waals surface area (Å²) in [6.45, 7) is 1.99. The number of hydrogen-bond acceptors (Lipinski definition) is 3. The van der Waals surface area contributed by atoms with Gasteiger partial charge in [0.2, 0.25) is 0 Å². The molecule has 88 valence electrons. The maximum Gasteiger partial charge on any atom is 0.0446 e. The highest BCUT2D eigenvalue weighted by molar-refractivity contribution is 8.00. The van der Waals surface area contributed by atoms with Crippen LogP contribution in [0.3, 0.4) is 0 Å². The van der Waals surface area contributed by atoms with Crippen molar-refractivity contribution in [3.8, 4) is 0 Å². The molecule has 2 nitrogen and oxygen atoms in total. The van der Waals surface area contributed by atoms with E-state index in [1.165, 1.54) is 11.9 Å². The Kier molecular flexibility index (Phi) is 3.82. The van der Waals surface area contributed by atoms with Crippen LogP contribution in [0, 0.1) is 6.92 Å². The van der Waals surface area contributed by atoms with E-state index < -0.39 is 0 Å². The minimum Gasteiger partial charge on any atom is -0.399 e. The maximum atomic E-state index is 6.06. The van der Waals surface area contributed by atoms with Crippen molar-refractivity contribution in [2.24, 2.45) is 0 Å². The van der Waals surface area contributed by atoms with Gasteiger partial charge in [0.15, 0.2) is 0 Å². The number of hydrogen-bond donors (Lipinski definition) is 2. The van der Waals surface area contributed by atoms with E-state index in [9.17, 15) is 0 Å². The Hall–Kier alpha value is -1.32. The second kappa shape index (κ2) is 5.34. The van der Waals surface area contributed by atoms with Gasteiger partial charge in [-0.25, -0.2) is 0 Å². The molecule has 0 bridgehead atoms. The van der Waals surface area contributed by atoms with Gasteiger partial charge < -0.3 is 10.5 Å². The highest BCUT2D eigenvalue weighted by Crippen LogP contribution is 2.26. The van der Waals surface area contributed by atoms with E-state index in [0.717, 1.165) is 26.9 Å². The molecule has 0 saturated heterocycles. The average molecular weight is 265 g/mol. The first-order valence-electron chi connectivity index (χ1n) is 5.20. The van der Waals surface area contributed by atoms with Crippen molar-refractivity contribution in [1.29, 1.82) is 0 Å². The molecular formula is C13H13ClN2S. The third-order valence-electron chi connectivity index (χ3n) is 2.34. The standard InChI is InChI=1S/C13H13ClN2S/c1-9-2-7-12(8-13(9)14)17-16-11-5-3-10(15)4-6-11/h2-8,16H,15H2,1H3. The minimum absolute atomic E-state index is 0.763. The van der Waals surface area contributed by atoms with Crippen molar-refractivity contribution in [3.63, 3.8) is 0 Å². The molecule has 0 unspecified atom stereocenters. The van der Waals surface area contributed by atoms with Gasteiger partial charge >= 0.3 is 0 Å². The van der Waals surface area contributed by atoms with Crippen molar-refractivity contribution in [1.82, 2.24) is 0 Å². The van der Waals surface area contributed by atoms with E-state index in [2.05, 4.69) is 4.72 Å². The molecule has 0 aliphatic carbocycles. The molecule has 2 aromatic rings. The number of nitrogens with two attached hydrogens (primary N) is 1. The number of anilines is 2. The van der Waals surface area contributed by atoms with E-state index in [1.807, 2.05) is 49.4 Å². The smallest absolute Gasteiger partial charge is 0.0446 e. The monoisotopic (exact) mass is 264 g/mol. The summed E-state index contributed by atoms with van der Waals surface area (Å²) in [5.74, 6) is 0. The highest BCUT2D eigenvalue weighted by atomic mass is 35.5. The highest BCUT2D eigenvalue weighted by Gasteiger charge is 1.99. The van der Waals surface area contributed by atoms with Crippen LogP contribution in [0.15, 0.2) is 47.4 Å². The molecule has 17 heavy (non-hydrogen) atoms. The van der Waals surface area contributed by atoms with Crippen LogP contribution in [0.2, 0.25) is 5.02 Å². The second-order valence-electron chi connectivity index (χ2n) is 3.74. The number of aryl methyl sites for hydroxylation is 1. The second-order valence-corrected chi connectivity index (χ2v) is 5.02. The molecule has 2 aromatic carbocycles.